The van der Waals surface area contributed by atoms with E-state index in [0.717, 1.165) is 16.5 Å². The minimum Gasteiger partial charge on any atom is -0.508 e. The summed E-state index contributed by atoms with van der Waals surface area (Å²) in [5.74, 6) is 1.60. The highest BCUT2D eigenvalue weighted by Gasteiger charge is 2.11. The van der Waals surface area contributed by atoms with Crippen LogP contribution in [0.2, 0.25) is 0 Å². The van der Waals surface area contributed by atoms with Crippen LogP contribution in [0.15, 0.2) is 40.9 Å². The topological polar surface area (TPSA) is 55.8 Å². The molecule has 2 aromatic carbocycles. The van der Waals surface area contributed by atoms with Crippen LogP contribution in [0.5, 0.6) is 17.2 Å². The maximum atomic E-state index is 12.5. The van der Waals surface area contributed by atoms with E-state index >= 15 is 0 Å². The lowest BCUT2D eigenvalue weighted by molar-refractivity contribution is 0.104. The molecule has 0 fully saturated rings. The summed E-state index contributed by atoms with van der Waals surface area (Å²) in [7, 11) is 1.58. The van der Waals surface area contributed by atoms with Gasteiger partial charge < -0.3 is 14.6 Å². The minimum absolute atomic E-state index is 0.146. The summed E-state index contributed by atoms with van der Waals surface area (Å²) in [6.07, 6.45) is 4.60. The average molecular weight is 454 g/mol. The molecular weight excluding hydrogens is 432 g/mol. The van der Waals surface area contributed by atoms with Gasteiger partial charge in [-0.1, -0.05) is 13.0 Å². The Bertz CT molecular complexity index is 833. The number of aryl methyl sites for hydroxylation is 1. The number of rotatable bonds is 9. The van der Waals surface area contributed by atoms with Gasteiger partial charge in [-0.2, -0.15) is 0 Å². The number of benzene rings is 2. The molecule has 0 saturated heterocycles. The number of hydrogen-bond donors (Lipinski definition) is 1. The molecule has 2 rings (SSSR count). The molecular formula is C21H22BrClO4. The highest BCUT2D eigenvalue weighted by atomic mass is 79.9. The van der Waals surface area contributed by atoms with Crippen molar-refractivity contribution < 1.29 is 19.4 Å². The van der Waals surface area contributed by atoms with Gasteiger partial charge in [0.25, 0.3) is 0 Å². The lowest BCUT2D eigenvalue weighted by atomic mass is 10.0. The number of phenolic OH excluding ortho intramolecular Hbond substituents is 1. The summed E-state index contributed by atoms with van der Waals surface area (Å²) >= 11 is 9.22. The number of hydrogen-bond acceptors (Lipinski definition) is 4. The molecule has 0 heterocycles. The van der Waals surface area contributed by atoms with Gasteiger partial charge >= 0.3 is 0 Å². The van der Waals surface area contributed by atoms with Gasteiger partial charge in [0.1, 0.15) is 5.75 Å². The summed E-state index contributed by atoms with van der Waals surface area (Å²) in [5, 5.41) is 9.81. The van der Waals surface area contributed by atoms with E-state index in [-0.39, 0.29) is 11.5 Å². The maximum Gasteiger partial charge on any atom is 0.185 e. The van der Waals surface area contributed by atoms with Crippen LogP contribution in [0.1, 0.15) is 34.8 Å². The maximum absolute atomic E-state index is 12.5. The number of allylic oxidation sites excluding steroid dienone is 1. The van der Waals surface area contributed by atoms with Crippen molar-refractivity contribution >= 4 is 39.4 Å². The fourth-order valence-corrected chi connectivity index (χ4v) is 3.27. The van der Waals surface area contributed by atoms with E-state index in [0.29, 0.717) is 41.5 Å². The van der Waals surface area contributed by atoms with Crippen LogP contribution < -0.4 is 9.47 Å². The van der Waals surface area contributed by atoms with Crippen LogP contribution in [0, 0.1) is 0 Å². The van der Waals surface area contributed by atoms with Crippen LogP contribution >= 0.6 is 27.5 Å². The number of aromatic hydroxyl groups is 1. The molecule has 27 heavy (non-hydrogen) atoms. The molecule has 0 unspecified atom stereocenters. The summed E-state index contributed by atoms with van der Waals surface area (Å²) in [6, 6.07) is 8.46. The fourth-order valence-electron chi connectivity index (χ4n) is 2.49. The zero-order valence-electron chi connectivity index (χ0n) is 15.3. The Hall–Kier alpha value is -1.98. The molecule has 0 atom stereocenters. The first-order valence-electron chi connectivity index (χ1n) is 8.60. The Morgan fingerprint density at radius 2 is 2.07 bits per heavy atom. The van der Waals surface area contributed by atoms with Gasteiger partial charge in [-0.25, -0.2) is 0 Å². The van der Waals surface area contributed by atoms with E-state index in [1.54, 1.807) is 25.3 Å². The van der Waals surface area contributed by atoms with Gasteiger partial charge in [0.2, 0.25) is 0 Å². The number of ketones is 1. The lowest BCUT2D eigenvalue weighted by Gasteiger charge is -2.13. The Morgan fingerprint density at radius 3 is 2.74 bits per heavy atom. The van der Waals surface area contributed by atoms with Crippen LogP contribution in [0.3, 0.4) is 0 Å². The Kier molecular flexibility index (Phi) is 8.20. The second-order valence-electron chi connectivity index (χ2n) is 5.86. The summed E-state index contributed by atoms with van der Waals surface area (Å²) < 4.78 is 11.9. The van der Waals surface area contributed by atoms with E-state index < -0.39 is 0 Å². The van der Waals surface area contributed by atoms with Gasteiger partial charge in [0, 0.05) is 11.4 Å². The standard InChI is InChI=1S/C21H22BrClO4/c1-3-10-27-21-17(22)11-14(12-20(21)26-2)4-6-18(24)15-5-7-19(25)16(13-15)8-9-23/h4-7,11-13,25H,3,8-10H2,1-2H3/b6-4+. The monoisotopic (exact) mass is 452 g/mol. The first-order valence-corrected chi connectivity index (χ1v) is 9.93. The van der Waals surface area contributed by atoms with E-state index in [4.69, 9.17) is 21.1 Å². The van der Waals surface area contributed by atoms with Crippen molar-refractivity contribution in [3.05, 3.63) is 57.6 Å². The number of carbonyl (C=O) groups excluding carboxylic acids is 1. The molecule has 0 saturated carbocycles. The zero-order chi connectivity index (χ0) is 19.8. The molecule has 0 radical (unpaired) electrons. The molecule has 1 N–H and O–H groups in total. The predicted molar refractivity (Wildman–Crippen MR) is 112 cm³/mol. The molecule has 0 aromatic heterocycles. The number of halogens is 2. The van der Waals surface area contributed by atoms with Gasteiger partial charge in [0.05, 0.1) is 18.2 Å². The van der Waals surface area contributed by atoms with Crippen LogP contribution in [0.25, 0.3) is 6.08 Å². The number of carbonyl (C=O) groups is 1. The Balaban J connectivity index is 2.23. The first-order chi connectivity index (χ1) is 13.0. The molecule has 0 spiro atoms. The molecule has 0 aliphatic rings. The van der Waals surface area contributed by atoms with E-state index in [9.17, 15) is 9.90 Å². The van der Waals surface area contributed by atoms with Crippen LogP contribution in [0.4, 0.5) is 0 Å². The van der Waals surface area contributed by atoms with Crippen molar-refractivity contribution in [3.63, 3.8) is 0 Å². The number of alkyl halides is 1. The third kappa shape index (κ3) is 5.75. The van der Waals surface area contributed by atoms with Gasteiger partial charge in [0.15, 0.2) is 17.3 Å². The molecule has 144 valence electrons. The average Bonchev–Trinajstić information content (AvgIpc) is 2.66. The van der Waals surface area contributed by atoms with Gasteiger partial charge in [-0.3, -0.25) is 4.79 Å². The summed E-state index contributed by atoms with van der Waals surface area (Å²) in [4.78, 5) is 12.5. The molecule has 4 nitrogen and oxygen atoms in total. The zero-order valence-corrected chi connectivity index (χ0v) is 17.6. The first kappa shape index (κ1) is 21.3. The molecule has 0 aliphatic heterocycles. The van der Waals surface area contributed by atoms with Gasteiger partial charge in [-0.05, 0) is 76.3 Å². The normalized spacial score (nSPS) is 11.0. The van der Waals surface area contributed by atoms with E-state index in [1.165, 1.54) is 12.1 Å². The van der Waals surface area contributed by atoms with Crippen molar-refractivity contribution in [2.75, 3.05) is 19.6 Å². The highest BCUT2D eigenvalue weighted by Crippen LogP contribution is 2.37. The van der Waals surface area contributed by atoms with Crippen molar-refractivity contribution in [1.82, 2.24) is 0 Å². The van der Waals surface area contributed by atoms with Gasteiger partial charge in [-0.15, -0.1) is 11.6 Å². The van der Waals surface area contributed by atoms with E-state index in [2.05, 4.69) is 15.9 Å². The molecule has 2 aromatic rings. The number of ether oxygens (including phenoxy) is 2. The summed E-state index contributed by atoms with van der Waals surface area (Å²) in [6.45, 7) is 2.62. The molecule has 0 bridgehead atoms. The third-order valence-electron chi connectivity index (χ3n) is 3.86. The lowest BCUT2D eigenvalue weighted by Crippen LogP contribution is -1.99. The SMILES string of the molecule is CCCOc1c(Br)cc(/C=C/C(=O)c2ccc(O)c(CCCl)c2)cc1OC. The largest absolute Gasteiger partial charge is 0.508 e. The Labute approximate surface area is 172 Å². The van der Waals surface area contributed by atoms with Crippen molar-refractivity contribution in [3.8, 4) is 17.2 Å². The number of phenols is 1. The smallest absolute Gasteiger partial charge is 0.185 e. The van der Waals surface area contributed by atoms with Crippen LogP contribution in [-0.2, 0) is 6.42 Å². The molecule has 0 aliphatic carbocycles. The predicted octanol–water partition coefficient (Wildman–Crippen LogP) is 5.63. The van der Waals surface area contributed by atoms with Crippen LogP contribution in [-0.4, -0.2) is 30.5 Å². The van der Waals surface area contributed by atoms with Crippen molar-refractivity contribution in [1.29, 1.82) is 0 Å². The fraction of sp³-hybridized carbons (Fsp3) is 0.286. The highest BCUT2D eigenvalue weighted by molar-refractivity contribution is 9.10. The summed E-state index contributed by atoms with van der Waals surface area (Å²) in [5.41, 5.74) is 1.96. The molecule has 6 heteroatoms. The quantitative estimate of drug-likeness (QED) is 0.304. The Morgan fingerprint density at radius 1 is 1.30 bits per heavy atom. The second-order valence-corrected chi connectivity index (χ2v) is 7.09. The minimum atomic E-state index is -0.160. The number of methoxy groups -OCH3 is 1. The van der Waals surface area contributed by atoms with Crippen molar-refractivity contribution in [2.45, 2.75) is 19.8 Å². The second kappa shape index (κ2) is 10.4. The third-order valence-corrected chi connectivity index (χ3v) is 4.64. The van der Waals surface area contributed by atoms with E-state index in [1.807, 2.05) is 19.1 Å². The molecule has 0 amide bonds. The van der Waals surface area contributed by atoms with Crippen molar-refractivity contribution in [2.24, 2.45) is 0 Å².